The number of benzene rings is 2. The molecule has 0 N–H and O–H groups in total. The van der Waals surface area contributed by atoms with Crippen molar-refractivity contribution in [3.63, 3.8) is 0 Å². The van der Waals surface area contributed by atoms with Crippen LogP contribution in [0.2, 0.25) is 0 Å². The van der Waals surface area contributed by atoms with E-state index in [9.17, 15) is 0 Å². The first-order valence-electron chi connectivity index (χ1n) is 9.21. The van der Waals surface area contributed by atoms with Crippen molar-refractivity contribution < 1.29 is 0 Å². The molecule has 0 aliphatic heterocycles. The predicted octanol–water partition coefficient (Wildman–Crippen LogP) is 6.23. The van der Waals surface area contributed by atoms with Gasteiger partial charge in [0.2, 0.25) is 0 Å². The molecule has 130 valence electrons. The van der Waals surface area contributed by atoms with Crippen LogP contribution in [0.1, 0.15) is 50.3 Å². The molecule has 0 unspecified atom stereocenters. The lowest BCUT2D eigenvalue weighted by molar-refractivity contribution is 0.644. The Bertz CT molecular complexity index is 1090. The third-order valence-corrected chi connectivity index (χ3v) is 5.46. The quantitative estimate of drug-likeness (QED) is 0.441. The smallest absolute Gasteiger partial charge is 0.0702 e. The molecule has 0 bridgehead atoms. The van der Waals surface area contributed by atoms with Crippen LogP contribution >= 0.6 is 0 Å². The van der Waals surface area contributed by atoms with Crippen molar-refractivity contribution in [1.29, 1.82) is 0 Å². The summed E-state index contributed by atoms with van der Waals surface area (Å²) < 4.78 is 0. The summed E-state index contributed by atoms with van der Waals surface area (Å²) in [6.45, 7) is 9.03. The van der Waals surface area contributed by atoms with E-state index in [2.05, 4.69) is 80.1 Å². The van der Waals surface area contributed by atoms with Gasteiger partial charge >= 0.3 is 0 Å². The zero-order valence-corrected chi connectivity index (χ0v) is 15.8. The maximum atomic E-state index is 4.69. The largest absolute Gasteiger partial charge is 0.264 e. The van der Waals surface area contributed by atoms with Gasteiger partial charge in [-0.2, -0.15) is 0 Å². The van der Waals surface area contributed by atoms with Gasteiger partial charge < -0.3 is 0 Å². The monoisotopic (exact) mass is 340 g/mol. The lowest BCUT2D eigenvalue weighted by atomic mass is 9.75. The Balaban J connectivity index is 1.94. The minimum absolute atomic E-state index is 0.147. The number of aromatic nitrogens is 2. The molecule has 0 aliphatic rings. The Hall–Kier alpha value is -2.74. The highest BCUT2D eigenvalue weighted by molar-refractivity contribution is 5.90. The maximum Gasteiger partial charge on any atom is 0.0702 e. The van der Waals surface area contributed by atoms with Crippen molar-refractivity contribution in [3.05, 3.63) is 83.8 Å². The molecule has 0 amide bonds. The van der Waals surface area contributed by atoms with Crippen LogP contribution in [-0.2, 0) is 5.41 Å². The van der Waals surface area contributed by atoms with Crippen molar-refractivity contribution >= 4 is 21.7 Å². The molecule has 0 radical (unpaired) electrons. The molecule has 2 heterocycles. The van der Waals surface area contributed by atoms with Gasteiger partial charge in [0, 0.05) is 34.8 Å². The van der Waals surface area contributed by atoms with Crippen LogP contribution < -0.4 is 0 Å². The predicted molar refractivity (Wildman–Crippen MR) is 110 cm³/mol. The lowest BCUT2D eigenvalue weighted by Gasteiger charge is -2.28. The minimum atomic E-state index is -0.147. The lowest BCUT2D eigenvalue weighted by Crippen LogP contribution is -2.20. The molecule has 0 saturated heterocycles. The molecule has 2 heteroatoms. The number of para-hydroxylation sites is 1. The van der Waals surface area contributed by atoms with Crippen molar-refractivity contribution in [1.82, 2.24) is 9.97 Å². The van der Waals surface area contributed by atoms with E-state index >= 15 is 0 Å². The third kappa shape index (κ3) is 2.66. The van der Waals surface area contributed by atoms with E-state index in [0.717, 1.165) is 5.52 Å². The Morgan fingerprint density at radius 3 is 2.50 bits per heavy atom. The van der Waals surface area contributed by atoms with Crippen LogP contribution in [0, 0.1) is 0 Å². The second-order valence-corrected chi connectivity index (χ2v) is 7.82. The summed E-state index contributed by atoms with van der Waals surface area (Å²) in [7, 11) is 0. The van der Waals surface area contributed by atoms with Gasteiger partial charge in [-0.1, -0.05) is 58.0 Å². The number of pyridine rings is 2. The molecule has 4 rings (SSSR count). The molecule has 2 aromatic carbocycles. The van der Waals surface area contributed by atoms with Gasteiger partial charge in [0.25, 0.3) is 0 Å². The van der Waals surface area contributed by atoms with E-state index < -0.39 is 0 Å². The summed E-state index contributed by atoms with van der Waals surface area (Å²) in [5.41, 5.74) is 4.79. The van der Waals surface area contributed by atoms with Crippen LogP contribution in [0.3, 0.4) is 0 Å². The van der Waals surface area contributed by atoms with Crippen molar-refractivity contribution in [2.75, 3.05) is 0 Å². The first-order valence-corrected chi connectivity index (χ1v) is 9.21. The van der Waals surface area contributed by atoms with E-state index in [1.54, 1.807) is 0 Å². The van der Waals surface area contributed by atoms with Gasteiger partial charge in [-0.05, 0) is 46.2 Å². The Labute approximate surface area is 154 Å². The van der Waals surface area contributed by atoms with E-state index in [1.807, 2.05) is 24.7 Å². The SMILES string of the molecule is CC(C)c1ccc(C(C)(C)c2cnc3ccccc3c2)c2ccncc12. The van der Waals surface area contributed by atoms with Crippen LogP contribution in [0.4, 0.5) is 0 Å². The van der Waals surface area contributed by atoms with Gasteiger partial charge in [0.1, 0.15) is 0 Å². The molecule has 4 aromatic rings. The molecular weight excluding hydrogens is 316 g/mol. The summed E-state index contributed by atoms with van der Waals surface area (Å²) in [6.07, 6.45) is 5.92. The molecule has 0 spiro atoms. The van der Waals surface area contributed by atoms with Crippen molar-refractivity contribution in [2.45, 2.75) is 39.0 Å². The summed E-state index contributed by atoms with van der Waals surface area (Å²) >= 11 is 0. The van der Waals surface area contributed by atoms with Crippen molar-refractivity contribution in [2.24, 2.45) is 0 Å². The number of hydrogen-bond acceptors (Lipinski definition) is 2. The van der Waals surface area contributed by atoms with Gasteiger partial charge in [-0.25, -0.2) is 0 Å². The highest BCUT2D eigenvalue weighted by Crippen LogP contribution is 2.38. The summed E-state index contributed by atoms with van der Waals surface area (Å²) in [4.78, 5) is 9.07. The van der Waals surface area contributed by atoms with E-state index in [-0.39, 0.29) is 5.41 Å². The average Bonchev–Trinajstić information content (AvgIpc) is 2.66. The van der Waals surface area contributed by atoms with E-state index in [0.29, 0.717) is 5.92 Å². The molecule has 26 heavy (non-hydrogen) atoms. The molecular formula is C24H24N2. The van der Waals surface area contributed by atoms with Gasteiger partial charge in [0.05, 0.1) is 5.52 Å². The molecule has 0 fully saturated rings. The fourth-order valence-corrected chi connectivity index (χ4v) is 3.83. The molecule has 0 saturated carbocycles. The molecule has 2 nitrogen and oxygen atoms in total. The first kappa shape index (κ1) is 16.7. The van der Waals surface area contributed by atoms with Gasteiger partial charge in [-0.15, -0.1) is 0 Å². The first-order chi connectivity index (χ1) is 12.5. The summed E-state index contributed by atoms with van der Waals surface area (Å²) in [5.74, 6) is 0.473. The number of rotatable bonds is 3. The normalized spacial score (nSPS) is 12.2. The van der Waals surface area contributed by atoms with E-state index in [4.69, 9.17) is 0 Å². The topological polar surface area (TPSA) is 25.8 Å². The highest BCUT2D eigenvalue weighted by atomic mass is 14.7. The summed E-state index contributed by atoms with van der Waals surface area (Å²) in [6, 6.07) is 17.3. The second-order valence-electron chi connectivity index (χ2n) is 7.82. The Morgan fingerprint density at radius 2 is 1.69 bits per heavy atom. The molecule has 0 aliphatic carbocycles. The zero-order chi connectivity index (χ0) is 18.3. The fraction of sp³-hybridized carbons (Fsp3) is 0.250. The average molecular weight is 340 g/mol. The molecule has 2 aromatic heterocycles. The zero-order valence-electron chi connectivity index (χ0n) is 15.8. The maximum absolute atomic E-state index is 4.69. The van der Waals surface area contributed by atoms with Crippen LogP contribution in [0.5, 0.6) is 0 Å². The standard InChI is InChI=1S/C24H24N2/c1-16(2)19-9-10-22(20-11-12-25-15-21(19)20)24(3,4)18-13-17-7-5-6-8-23(17)26-14-18/h5-16H,1-4H3. The Kier molecular flexibility index (Phi) is 3.99. The van der Waals surface area contributed by atoms with Crippen LogP contribution in [0.25, 0.3) is 21.7 Å². The molecule has 0 atom stereocenters. The van der Waals surface area contributed by atoms with Crippen LogP contribution in [0.15, 0.2) is 67.1 Å². The highest BCUT2D eigenvalue weighted by Gasteiger charge is 2.26. The van der Waals surface area contributed by atoms with Gasteiger partial charge in [-0.3, -0.25) is 9.97 Å². The van der Waals surface area contributed by atoms with E-state index in [1.165, 1.54) is 32.8 Å². The number of hydrogen-bond donors (Lipinski definition) is 0. The van der Waals surface area contributed by atoms with Gasteiger partial charge in [0.15, 0.2) is 0 Å². The number of fused-ring (bicyclic) bond motifs is 2. The fourth-order valence-electron chi connectivity index (χ4n) is 3.83. The van der Waals surface area contributed by atoms with Crippen LogP contribution in [-0.4, -0.2) is 9.97 Å². The number of nitrogens with zero attached hydrogens (tertiary/aromatic N) is 2. The van der Waals surface area contributed by atoms with Crippen molar-refractivity contribution in [3.8, 4) is 0 Å². The second kappa shape index (κ2) is 6.21. The minimum Gasteiger partial charge on any atom is -0.264 e. The Morgan fingerprint density at radius 1 is 0.885 bits per heavy atom. The third-order valence-electron chi connectivity index (χ3n) is 5.46. The summed E-state index contributed by atoms with van der Waals surface area (Å²) in [5, 5.41) is 3.72.